The van der Waals surface area contributed by atoms with E-state index in [0.29, 0.717) is 26.9 Å². The molecule has 0 atom stereocenters. The summed E-state index contributed by atoms with van der Waals surface area (Å²) in [6, 6.07) is 5.11. The molecule has 82 valence electrons. The van der Waals surface area contributed by atoms with Crippen molar-refractivity contribution < 1.29 is 5.11 Å². The molecule has 0 bridgehead atoms. The molecule has 1 heterocycles. The Labute approximate surface area is 103 Å². The zero-order chi connectivity index (χ0) is 11.5. The molecule has 2 rings (SSSR count). The van der Waals surface area contributed by atoms with E-state index in [0.717, 1.165) is 0 Å². The zero-order valence-corrected chi connectivity index (χ0v) is 9.70. The molecule has 1 aromatic carbocycles. The number of rotatable bonds is 2. The van der Waals surface area contributed by atoms with Crippen LogP contribution in [0.2, 0.25) is 10.0 Å². The summed E-state index contributed by atoms with van der Waals surface area (Å²) in [5.74, 6) is 0. The van der Waals surface area contributed by atoms with Crippen LogP contribution in [0.25, 0.3) is 11.3 Å². The predicted octanol–water partition coefficient (Wildman–Crippen LogP) is 2.94. The number of aliphatic hydroxyl groups is 1. The molecule has 5 heteroatoms. The van der Waals surface area contributed by atoms with Crippen LogP contribution in [0.4, 0.5) is 0 Å². The van der Waals surface area contributed by atoms with E-state index in [1.54, 1.807) is 24.4 Å². The lowest BCUT2D eigenvalue weighted by Gasteiger charge is -2.07. The Morgan fingerprint density at radius 2 is 2.06 bits per heavy atom. The van der Waals surface area contributed by atoms with Gasteiger partial charge < -0.3 is 5.11 Å². The number of hydrogen-bond donors (Lipinski definition) is 1. The normalized spacial score (nSPS) is 10.4. The van der Waals surface area contributed by atoms with Crippen LogP contribution in [0.1, 0.15) is 5.56 Å². The molecule has 0 saturated carbocycles. The lowest BCUT2D eigenvalue weighted by Crippen LogP contribution is -1.94. The first-order chi connectivity index (χ1) is 7.72. The summed E-state index contributed by atoms with van der Waals surface area (Å²) >= 11 is 12.0. The highest BCUT2D eigenvalue weighted by atomic mass is 35.5. The smallest absolute Gasteiger partial charge is 0.116 e. The third-order valence-electron chi connectivity index (χ3n) is 2.14. The SMILES string of the molecule is OCc1cncnc1-c1cc(Cl)ccc1Cl. The number of hydrogen-bond acceptors (Lipinski definition) is 3. The molecule has 1 N–H and O–H groups in total. The van der Waals surface area contributed by atoms with Crippen molar-refractivity contribution in [3.8, 4) is 11.3 Å². The topological polar surface area (TPSA) is 46.0 Å². The first-order valence-corrected chi connectivity index (χ1v) is 5.33. The van der Waals surface area contributed by atoms with Gasteiger partial charge in [-0.2, -0.15) is 0 Å². The Hall–Kier alpha value is -1.16. The highest BCUT2D eigenvalue weighted by Crippen LogP contribution is 2.30. The van der Waals surface area contributed by atoms with Crippen LogP contribution in [-0.2, 0) is 6.61 Å². The molecule has 0 radical (unpaired) electrons. The zero-order valence-electron chi connectivity index (χ0n) is 8.19. The summed E-state index contributed by atoms with van der Waals surface area (Å²) < 4.78 is 0. The maximum atomic E-state index is 9.18. The van der Waals surface area contributed by atoms with Crippen LogP contribution in [0, 0.1) is 0 Å². The molecule has 0 aliphatic rings. The third-order valence-corrected chi connectivity index (χ3v) is 2.71. The molecular weight excluding hydrogens is 247 g/mol. The number of nitrogens with zero attached hydrogens (tertiary/aromatic N) is 2. The van der Waals surface area contributed by atoms with Crippen LogP contribution in [-0.4, -0.2) is 15.1 Å². The summed E-state index contributed by atoms with van der Waals surface area (Å²) in [6.45, 7) is -0.140. The third kappa shape index (κ3) is 2.16. The van der Waals surface area contributed by atoms with Crippen LogP contribution in [0.5, 0.6) is 0 Å². The second-order valence-corrected chi connectivity index (χ2v) is 4.02. The monoisotopic (exact) mass is 254 g/mol. The van der Waals surface area contributed by atoms with Gasteiger partial charge in [0.25, 0.3) is 0 Å². The van der Waals surface area contributed by atoms with E-state index in [-0.39, 0.29) is 6.61 Å². The average molecular weight is 255 g/mol. The standard InChI is InChI=1S/C11H8Cl2N2O/c12-8-1-2-10(13)9(3-8)11-7(5-16)4-14-6-15-11/h1-4,6,16H,5H2. The lowest BCUT2D eigenvalue weighted by molar-refractivity contribution is 0.281. The Morgan fingerprint density at radius 3 is 2.81 bits per heavy atom. The summed E-state index contributed by atoms with van der Waals surface area (Å²) in [4.78, 5) is 7.95. The molecule has 16 heavy (non-hydrogen) atoms. The van der Waals surface area contributed by atoms with Crippen molar-refractivity contribution in [3.63, 3.8) is 0 Å². The summed E-state index contributed by atoms with van der Waals surface area (Å²) in [5.41, 5.74) is 1.91. The quantitative estimate of drug-likeness (QED) is 0.897. The van der Waals surface area contributed by atoms with Gasteiger partial charge in [-0.25, -0.2) is 9.97 Å². The van der Waals surface area contributed by atoms with Gasteiger partial charge in [0.05, 0.1) is 17.3 Å². The molecule has 0 fully saturated rings. The molecule has 0 unspecified atom stereocenters. The summed E-state index contributed by atoms with van der Waals surface area (Å²) in [5, 5.41) is 10.3. The second-order valence-electron chi connectivity index (χ2n) is 3.18. The average Bonchev–Trinajstić information content (AvgIpc) is 2.32. The van der Waals surface area contributed by atoms with Gasteiger partial charge in [0, 0.05) is 22.3 Å². The summed E-state index contributed by atoms with van der Waals surface area (Å²) in [6.07, 6.45) is 2.96. The first-order valence-electron chi connectivity index (χ1n) is 4.57. The minimum absolute atomic E-state index is 0.140. The van der Waals surface area contributed by atoms with E-state index >= 15 is 0 Å². The Morgan fingerprint density at radius 1 is 1.25 bits per heavy atom. The van der Waals surface area contributed by atoms with Gasteiger partial charge in [0.1, 0.15) is 6.33 Å². The fraction of sp³-hybridized carbons (Fsp3) is 0.0909. The van der Waals surface area contributed by atoms with Crippen LogP contribution in [0.15, 0.2) is 30.7 Å². The van der Waals surface area contributed by atoms with Gasteiger partial charge in [-0.3, -0.25) is 0 Å². The molecule has 0 amide bonds. The van der Waals surface area contributed by atoms with E-state index < -0.39 is 0 Å². The molecule has 3 nitrogen and oxygen atoms in total. The molecule has 1 aromatic heterocycles. The van der Waals surface area contributed by atoms with Gasteiger partial charge in [0.2, 0.25) is 0 Å². The van der Waals surface area contributed by atoms with Crippen molar-refractivity contribution in [1.29, 1.82) is 0 Å². The van der Waals surface area contributed by atoms with Crippen molar-refractivity contribution in [3.05, 3.63) is 46.3 Å². The molecule has 0 aliphatic carbocycles. The largest absolute Gasteiger partial charge is 0.392 e. The van der Waals surface area contributed by atoms with Crippen molar-refractivity contribution in [1.82, 2.24) is 9.97 Å². The highest BCUT2D eigenvalue weighted by Gasteiger charge is 2.10. The van der Waals surface area contributed by atoms with Crippen molar-refractivity contribution in [2.24, 2.45) is 0 Å². The van der Waals surface area contributed by atoms with Crippen molar-refractivity contribution in [2.75, 3.05) is 0 Å². The van der Waals surface area contributed by atoms with E-state index in [1.807, 2.05) is 0 Å². The predicted molar refractivity (Wildman–Crippen MR) is 63.4 cm³/mol. The van der Waals surface area contributed by atoms with Crippen LogP contribution >= 0.6 is 23.2 Å². The number of aromatic nitrogens is 2. The van der Waals surface area contributed by atoms with Crippen molar-refractivity contribution in [2.45, 2.75) is 6.61 Å². The van der Waals surface area contributed by atoms with Crippen LogP contribution in [0.3, 0.4) is 0 Å². The van der Waals surface area contributed by atoms with Gasteiger partial charge in [-0.05, 0) is 18.2 Å². The Kier molecular flexibility index (Phi) is 3.39. The fourth-order valence-electron chi connectivity index (χ4n) is 1.40. The molecule has 0 saturated heterocycles. The lowest BCUT2D eigenvalue weighted by atomic mass is 10.1. The first kappa shape index (κ1) is 11.3. The van der Waals surface area contributed by atoms with Gasteiger partial charge in [-0.1, -0.05) is 23.2 Å². The molecule has 0 aliphatic heterocycles. The van der Waals surface area contributed by atoms with Crippen molar-refractivity contribution >= 4 is 23.2 Å². The molecule has 2 aromatic rings. The van der Waals surface area contributed by atoms with Gasteiger partial charge >= 0.3 is 0 Å². The highest BCUT2D eigenvalue weighted by molar-refractivity contribution is 6.35. The Balaban J connectivity index is 2.62. The molecular formula is C11H8Cl2N2O. The fourth-order valence-corrected chi connectivity index (χ4v) is 1.77. The van der Waals surface area contributed by atoms with E-state index in [2.05, 4.69) is 9.97 Å². The number of benzene rings is 1. The maximum absolute atomic E-state index is 9.18. The van der Waals surface area contributed by atoms with E-state index in [9.17, 15) is 5.11 Å². The Bertz CT molecular complexity index is 517. The molecule has 0 spiro atoms. The van der Waals surface area contributed by atoms with Gasteiger partial charge in [0.15, 0.2) is 0 Å². The maximum Gasteiger partial charge on any atom is 0.116 e. The van der Waals surface area contributed by atoms with Crippen LogP contribution < -0.4 is 0 Å². The van der Waals surface area contributed by atoms with E-state index in [1.165, 1.54) is 6.33 Å². The number of aliphatic hydroxyl groups excluding tert-OH is 1. The minimum atomic E-state index is -0.140. The number of halogens is 2. The van der Waals surface area contributed by atoms with Gasteiger partial charge in [-0.15, -0.1) is 0 Å². The minimum Gasteiger partial charge on any atom is -0.392 e. The second kappa shape index (κ2) is 4.78. The van der Waals surface area contributed by atoms with E-state index in [4.69, 9.17) is 23.2 Å². The summed E-state index contributed by atoms with van der Waals surface area (Å²) in [7, 11) is 0.